The number of Topliss-reactive ketones (excluding diaryl/α,β-unsaturated/α-hetero) is 1. The average Bonchev–Trinajstić information content (AvgIpc) is 2.81. The fourth-order valence-electron chi connectivity index (χ4n) is 2.90. The Morgan fingerprint density at radius 1 is 1.08 bits per heavy atom. The summed E-state index contributed by atoms with van der Waals surface area (Å²) in [4.78, 5) is 26.2. The first kappa shape index (κ1) is 16.5. The first-order valence-electron chi connectivity index (χ1n) is 7.50. The molecule has 0 aliphatic carbocycles. The number of ketones is 1. The Morgan fingerprint density at radius 3 is 2.21 bits per heavy atom. The Kier molecular flexibility index (Phi) is 4.28. The molecule has 0 spiro atoms. The molecular weight excluding hydrogens is 370 g/mol. The van der Waals surface area contributed by atoms with Crippen LogP contribution in [0.1, 0.15) is 24.1 Å². The molecule has 122 valence electrons. The number of aliphatic hydroxyl groups is 1. The van der Waals surface area contributed by atoms with E-state index in [-0.39, 0.29) is 11.4 Å². The number of benzene rings is 2. The molecular formula is C19H16BrNO3. The summed E-state index contributed by atoms with van der Waals surface area (Å²) in [5.41, 5.74) is 2.60. The molecule has 0 radical (unpaired) electrons. The summed E-state index contributed by atoms with van der Waals surface area (Å²) in [6.45, 7) is 3.32. The Balaban J connectivity index is 2.16. The molecule has 1 amide bonds. The van der Waals surface area contributed by atoms with Gasteiger partial charge in [0.1, 0.15) is 0 Å². The highest BCUT2D eigenvalue weighted by Crippen LogP contribution is 2.41. The fraction of sp³-hybridized carbons (Fsp3) is 0.158. The summed E-state index contributed by atoms with van der Waals surface area (Å²) in [6.07, 6.45) is 0. The van der Waals surface area contributed by atoms with Gasteiger partial charge in [0.2, 0.25) is 0 Å². The summed E-state index contributed by atoms with van der Waals surface area (Å²) >= 11 is 3.38. The predicted octanol–water partition coefficient (Wildman–Crippen LogP) is 4.25. The molecule has 4 nitrogen and oxygen atoms in total. The van der Waals surface area contributed by atoms with E-state index in [0.29, 0.717) is 5.69 Å². The number of hydrogen-bond donors (Lipinski definition) is 1. The number of aliphatic hydroxyl groups excluding tert-OH is 1. The van der Waals surface area contributed by atoms with Gasteiger partial charge in [-0.1, -0.05) is 45.8 Å². The van der Waals surface area contributed by atoms with Gasteiger partial charge in [-0.15, -0.1) is 0 Å². The zero-order valence-electron chi connectivity index (χ0n) is 13.3. The van der Waals surface area contributed by atoms with Crippen molar-refractivity contribution in [1.82, 2.24) is 0 Å². The second-order valence-corrected chi connectivity index (χ2v) is 6.70. The molecule has 1 N–H and O–H groups in total. The maximum Gasteiger partial charge on any atom is 0.294 e. The quantitative estimate of drug-likeness (QED) is 0.858. The molecule has 0 unspecified atom stereocenters. The topological polar surface area (TPSA) is 57.6 Å². The molecule has 5 heteroatoms. The molecule has 2 aromatic rings. The molecule has 1 aliphatic rings. The van der Waals surface area contributed by atoms with Gasteiger partial charge in [0, 0.05) is 10.2 Å². The minimum absolute atomic E-state index is 0.128. The van der Waals surface area contributed by atoms with E-state index < -0.39 is 17.7 Å². The van der Waals surface area contributed by atoms with E-state index in [2.05, 4.69) is 15.9 Å². The lowest BCUT2D eigenvalue weighted by Gasteiger charge is -2.26. The fourth-order valence-corrected chi connectivity index (χ4v) is 3.16. The van der Waals surface area contributed by atoms with Crippen LogP contribution in [0.3, 0.4) is 0 Å². The predicted molar refractivity (Wildman–Crippen MR) is 95.9 cm³/mol. The van der Waals surface area contributed by atoms with Gasteiger partial charge in [-0.25, -0.2) is 0 Å². The smallest absolute Gasteiger partial charge is 0.294 e. The number of anilines is 1. The lowest BCUT2D eigenvalue weighted by Crippen LogP contribution is -2.30. The molecule has 0 bridgehead atoms. The van der Waals surface area contributed by atoms with Gasteiger partial charge >= 0.3 is 0 Å². The van der Waals surface area contributed by atoms with Crippen molar-refractivity contribution < 1.29 is 14.7 Å². The highest BCUT2D eigenvalue weighted by Gasteiger charge is 2.43. The number of hydrogen-bond acceptors (Lipinski definition) is 3. The molecule has 0 fully saturated rings. The lowest BCUT2D eigenvalue weighted by atomic mass is 9.96. The first-order valence-corrected chi connectivity index (χ1v) is 8.29. The number of nitrogens with zero attached hydrogens (tertiary/aromatic N) is 1. The van der Waals surface area contributed by atoms with Crippen LogP contribution in [0.25, 0.3) is 0 Å². The normalized spacial score (nSPS) is 17.5. The van der Waals surface area contributed by atoms with Crippen molar-refractivity contribution in [3.63, 3.8) is 0 Å². The Labute approximate surface area is 148 Å². The van der Waals surface area contributed by atoms with E-state index in [4.69, 9.17) is 0 Å². The van der Waals surface area contributed by atoms with Crippen LogP contribution in [0.4, 0.5) is 5.69 Å². The summed E-state index contributed by atoms with van der Waals surface area (Å²) in [5, 5.41) is 10.3. The highest BCUT2D eigenvalue weighted by molar-refractivity contribution is 9.10. The number of halogens is 1. The van der Waals surface area contributed by atoms with Crippen LogP contribution in [-0.4, -0.2) is 16.8 Å². The standard InChI is InChI=1S/C19H16BrNO3/c1-11-3-9-15(10-4-11)21-17(13-5-7-14(20)8-6-13)16(12(2)22)18(23)19(21)24/h3-10,17,23H,1-2H3/t17-/m0/s1. The Bertz CT molecular complexity index is 838. The lowest BCUT2D eigenvalue weighted by molar-refractivity contribution is -0.117. The Morgan fingerprint density at radius 2 is 1.67 bits per heavy atom. The minimum atomic E-state index is -0.634. The molecule has 2 aromatic carbocycles. The van der Waals surface area contributed by atoms with Crippen LogP contribution in [0, 0.1) is 6.92 Å². The van der Waals surface area contributed by atoms with Crippen molar-refractivity contribution in [1.29, 1.82) is 0 Å². The molecule has 3 rings (SSSR count). The largest absolute Gasteiger partial charge is 0.503 e. The zero-order chi connectivity index (χ0) is 17.4. The third-order valence-electron chi connectivity index (χ3n) is 4.09. The molecule has 0 saturated carbocycles. The molecule has 0 aromatic heterocycles. The number of amides is 1. The van der Waals surface area contributed by atoms with Gasteiger partial charge in [-0.05, 0) is 43.7 Å². The van der Waals surface area contributed by atoms with Crippen LogP contribution >= 0.6 is 15.9 Å². The third-order valence-corrected chi connectivity index (χ3v) is 4.61. The second-order valence-electron chi connectivity index (χ2n) is 5.78. The summed E-state index contributed by atoms with van der Waals surface area (Å²) in [7, 11) is 0. The van der Waals surface area contributed by atoms with Gasteiger partial charge in [0.25, 0.3) is 5.91 Å². The van der Waals surface area contributed by atoms with Crippen LogP contribution in [0.15, 0.2) is 64.3 Å². The van der Waals surface area contributed by atoms with Crippen LogP contribution < -0.4 is 4.90 Å². The maximum atomic E-state index is 12.6. The van der Waals surface area contributed by atoms with Crippen molar-refractivity contribution >= 4 is 33.3 Å². The van der Waals surface area contributed by atoms with Gasteiger partial charge in [0.05, 0.1) is 11.6 Å². The monoisotopic (exact) mass is 385 g/mol. The molecule has 1 aliphatic heterocycles. The summed E-state index contributed by atoms with van der Waals surface area (Å²) in [6, 6.07) is 14.2. The van der Waals surface area contributed by atoms with Gasteiger partial charge < -0.3 is 5.11 Å². The van der Waals surface area contributed by atoms with Crippen molar-refractivity contribution in [3.8, 4) is 0 Å². The van der Waals surface area contributed by atoms with E-state index in [1.54, 1.807) is 0 Å². The SMILES string of the molecule is CC(=O)C1=C(O)C(=O)N(c2ccc(C)cc2)[C@H]1c1ccc(Br)cc1. The number of carbonyl (C=O) groups is 2. The number of carbonyl (C=O) groups excluding carboxylic acids is 2. The van der Waals surface area contributed by atoms with Crippen LogP contribution in [0.2, 0.25) is 0 Å². The molecule has 1 atom stereocenters. The minimum Gasteiger partial charge on any atom is -0.503 e. The summed E-state index contributed by atoms with van der Waals surface area (Å²) < 4.78 is 0.898. The van der Waals surface area contributed by atoms with Crippen molar-refractivity contribution in [3.05, 3.63) is 75.5 Å². The van der Waals surface area contributed by atoms with E-state index in [0.717, 1.165) is 15.6 Å². The van der Waals surface area contributed by atoms with Gasteiger partial charge in [-0.2, -0.15) is 0 Å². The van der Waals surface area contributed by atoms with Gasteiger partial charge in [0.15, 0.2) is 11.5 Å². The van der Waals surface area contributed by atoms with E-state index in [1.807, 2.05) is 55.5 Å². The zero-order valence-corrected chi connectivity index (χ0v) is 14.9. The van der Waals surface area contributed by atoms with Crippen LogP contribution in [-0.2, 0) is 9.59 Å². The first-order chi connectivity index (χ1) is 11.4. The maximum absolute atomic E-state index is 12.6. The molecule has 1 heterocycles. The van der Waals surface area contributed by atoms with Crippen molar-refractivity contribution in [2.45, 2.75) is 19.9 Å². The van der Waals surface area contributed by atoms with E-state index >= 15 is 0 Å². The van der Waals surface area contributed by atoms with Gasteiger partial charge in [-0.3, -0.25) is 14.5 Å². The Hall–Kier alpha value is -2.40. The summed E-state index contributed by atoms with van der Waals surface area (Å²) in [5.74, 6) is -1.35. The number of aryl methyl sites for hydroxylation is 1. The highest BCUT2D eigenvalue weighted by atomic mass is 79.9. The van der Waals surface area contributed by atoms with E-state index in [9.17, 15) is 14.7 Å². The third kappa shape index (κ3) is 2.76. The van der Waals surface area contributed by atoms with E-state index in [1.165, 1.54) is 11.8 Å². The van der Waals surface area contributed by atoms with Crippen molar-refractivity contribution in [2.75, 3.05) is 4.90 Å². The van der Waals surface area contributed by atoms with Crippen LogP contribution in [0.5, 0.6) is 0 Å². The molecule has 0 saturated heterocycles. The average molecular weight is 386 g/mol. The molecule has 24 heavy (non-hydrogen) atoms. The number of rotatable bonds is 3. The second kappa shape index (κ2) is 6.24. The van der Waals surface area contributed by atoms with Crippen molar-refractivity contribution in [2.24, 2.45) is 0 Å².